The Morgan fingerprint density at radius 1 is 1.00 bits per heavy atom. The number of aromatic nitrogens is 2. The Morgan fingerprint density at radius 2 is 1.75 bits per heavy atom. The Labute approximate surface area is 162 Å². The molecular formula is C23H18FN3O. The summed E-state index contributed by atoms with van der Waals surface area (Å²) < 4.78 is 13.2. The molecule has 0 fully saturated rings. The molecule has 138 valence electrons. The van der Waals surface area contributed by atoms with Gasteiger partial charge in [-0.3, -0.25) is 4.79 Å². The molecule has 0 saturated heterocycles. The van der Waals surface area contributed by atoms with Gasteiger partial charge in [0.2, 0.25) is 0 Å². The zero-order valence-corrected chi connectivity index (χ0v) is 15.3. The normalized spacial score (nSPS) is 11.9. The summed E-state index contributed by atoms with van der Waals surface area (Å²) in [7, 11) is 0. The van der Waals surface area contributed by atoms with Crippen LogP contribution in [0.2, 0.25) is 0 Å². The van der Waals surface area contributed by atoms with Crippen molar-refractivity contribution in [3.05, 3.63) is 95.9 Å². The topological polar surface area (TPSA) is 54.9 Å². The van der Waals surface area contributed by atoms with Crippen LogP contribution in [0.5, 0.6) is 0 Å². The number of carbonyl (C=O) groups is 1. The SMILES string of the molecule is CC(NC(=O)c1cc(-c2ccccc2)nc2ncccc12)c1ccc(F)cc1. The predicted molar refractivity (Wildman–Crippen MR) is 107 cm³/mol. The van der Waals surface area contributed by atoms with Crippen LogP contribution in [0.1, 0.15) is 28.9 Å². The minimum absolute atomic E-state index is 0.227. The highest BCUT2D eigenvalue weighted by molar-refractivity contribution is 6.06. The maximum Gasteiger partial charge on any atom is 0.252 e. The second-order valence-corrected chi connectivity index (χ2v) is 6.54. The highest BCUT2D eigenvalue weighted by Crippen LogP contribution is 2.24. The van der Waals surface area contributed by atoms with Crippen molar-refractivity contribution in [1.29, 1.82) is 0 Å². The van der Waals surface area contributed by atoms with Crippen LogP contribution in [0.3, 0.4) is 0 Å². The summed E-state index contributed by atoms with van der Waals surface area (Å²) >= 11 is 0. The first-order chi connectivity index (χ1) is 13.6. The fourth-order valence-electron chi connectivity index (χ4n) is 3.11. The zero-order chi connectivity index (χ0) is 19.5. The van der Waals surface area contributed by atoms with E-state index in [4.69, 9.17) is 0 Å². The molecule has 4 nitrogen and oxygen atoms in total. The van der Waals surface area contributed by atoms with Crippen LogP contribution < -0.4 is 5.32 Å². The summed E-state index contributed by atoms with van der Waals surface area (Å²) in [6.45, 7) is 1.87. The molecule has 5 heteroatoms. The molecule has 28 heavy (non-hydrogen) atoms. The lowest BCUT2D eigenvalue weighted by atomic mass is 10.0. The molecule has 0 aliphatic rings. The van der Waals surface area contributed by atoms with Gasteiger partial charge in [-0.05, 0) is 42.8 Å². The Kier molecular flexibility index (Phi) is 4.81. The summed E-state index contributed by atoms with van der Waals surface area (Å²) in [4.78, 5) is 22.0. The second-order valence-electron chi connectivity index (χ2n) is 6.54. The number of amides is 1. The number of hydrogen-bond acceptors (Lipinski definition) is 3. The van der Waals surface area contributed by atoms with E-state index in [2.05, 4.69) is 15.3 Å². The highest BCUT2D eigenvalue weighted by atomic mass is 19.1. The molecule has 2 aromatic carbocycles. The van der Waals surface area contributed by atoms with Crippen LogP contribution >= 0.6 is 0 Å². The van der Waals surface area contributed by atoms with E-state index in [9.17, 15) is 9.18 Å². The molecule has 0 radical (unpaired) electrons. The van der Waals surface area contributed by atoms with Gasteiger partial charge in [0, 0.05) is 17.1 Å². The van der Waals surface area contributed by atoms with Gasteiger partial charge in [-0.1, -0.05) is 42.5 Å². The van der Waals surface area contributed by atoms with Gasteiger partial charge in [-0.25, -0.2) is 14.4 Å². The van der Waals surface area contributed by atoms with E-state index in [1.54, 1.807) is 30.5 Å². The Bertz CT molecular complexity index is 1130. The maximum absolute atomic E-state index is 13.2. The largest absolute Gasteiger partial charge is 0.345 e. The molecule has 0 spiro atoms. The molecule has 1 N–H and O–H groups in total. The minimum Gasteiger partial charge on any atom is -0.345 e. The molecule has 1 amide bonds. The molecule has 0 aliphatic heterocycles. The Morgan fingerprint density at radius 3 is 2.50 bits per heavy atom. The average molecular weight is 371 g/mol. The molecule has 2 aromatic heterocycles. The maximum atomic E-state index is 13.2. The van der Waals surface area contributed by atoms with E-state index >= 15 is 0 Å². The summed E-state index contributed by atoms with van der Waals surface area (Å²) in [6, 6.07) is 20.9. The monoisotopic (exact) mass is 371 g/mol. The molecule has 4 rings (SSSR count). The third-order valence-electron chi connectivity index (χ3n) is 4.62. The Balaban J connectivity index is 1.72. The van der Waals surface area contributed by atoms with E-state index in [1.165, 1.54) is 12.1 Å². The van der Waals surface area contributed by atoms with Crippen molar-refractivity contribution < 1.29 is 9.18 Å². The van der Waals surface area contributed by atoms with Crippen molar-refractivity contribution >= 4 is 16.9 Å². The molecule has 0 bridgehead atoms. The summed E-state index contributed by atoms with van der Waals surface area (Å²) in [6.07, 6.45) is 1.66. The molecule has 1 atom stereocenters. The van der Waals surface area contributed by atoms with E-state index in [1.807, 2.05) is 43.3 Å². The molecule has 1 unspecified atom stereocenters. The van der Waals surface area contributed by atoms with E-state index < -0.39 is 0 Å². The van der Waals surface area contributed by atoms with Crippen molar-refractivity contribution in [2.75, 3.05) is 0 Å². The van der Waals surface area contributed by atoms with E-state index in [0.29, 0.717) is 22.3 Å². The first-order valence-electron chi connectivity index (χ1n) is 8.99. The quantitative estimate of drug-likeness (QED) is 0.554. The van der Waals surface area contributed by atoms with Crippen LogP contribution in [-0.2, 0) is 0 Å². The lowest BCUT2D eigenvalue weighted by molar-refractivity contribution is 0.0941. The number of benzene rings is 2. The van der Waals surface area contributed by atoms with Gasteiger partial charge in [0.05, 0.1) is 17.3 Å². The number of nitrogens with zero attached hydrogens (tertiary/aromatic N) is 2. The standard InChI is InChI=1S/C23H18FN3O/c1-15(16-9-11-18(24)12-10-16)26-23(28)20-14-21(17-6-3-2-4-7-17)27-22-19(20)8-5-13-25-22/h2-15H,1H3,(H,26,28). The number of pyridine rings is 2. The van der Waals surface area contributed by atoms with E-state index in [0.717, 1.165) is 11.1 Å². The third-order valence-corrected chi connectivity index (χ3v) is 4.62. The summed E-state index contributed by atoms with van der Waals surface area (Å²) in [5, 5.41) is 3.67. The van der Waals surface area contributed by atoms with Crippen LogP contribution in [0, 0.1) is 5.82 Å². The third kappa shape index (κ3) is 3.60. The molecule has 0 aliphatic carbocycles. The van der Waals surface area contributed by atoms with Crippen LogP contribution in [0.4, 0.5) is 4.39 Å². The van der Waals surface area contributed by atoms with Crippen LogP contribution in [-0.4, -0.2) is 15.9 Å². The van der Waals surface area contributed by atoms with Crippen molar-refractivity contribution in [2.45, 2.75) is 13.0 Å². The fraction of sp³-hybridized carbons (Fsp3) is 0.0870. The number of carbonyl (C=O) groups excluding carboxylic acids is 1. The van der Waals surface area contributed by atoms with Gasteiger partial charge in [-0.2, -0.15) is 0 Å². The predicted octanol–water partition coefficient (Wildman–Crippen LogP) is 4.93. The first kappa shape index (κ1) is 17.8. The molecular weight excluding hydrogens is 353 g/mol. The van der Waals surface area contributed by atoms with Crippen LogP contribution in [0.15, 0.2) is 79.0 Å². The van der Waals surface area contributed by atoms with Gasteiger partial charge in [0.25, 0.3) is 5.91 Å². The Hall–Kier alpha value is -3.60. The first-order valence-corrected chi connectivity index (χ1v) is 8.99. The van der Waals surface area contributed by atoms with Crippen LogP contribution in [0.25, 0.3) is 22.3 Å². The lowest BCUT2D eigenvalue weighted by Crippen LogP contribution is -2.27. The number of nitrogens with one attached hydrogen (secondary N) is 1. The number of fused-ring (bicyclic) bond motifs is 1. The number of rotatable bonds is 4. The van der Waals surface area contributed by atoms with Crippen molar-refractivity contribution in [1.82, 2.24) is 15.3 Å². The molecule has 0 saturated carbocycles. The lowest BCUT2D eigenvalue weighted by Gasteiger charge is -2.16. The fourth-order valence-corrected chi connectivity index (χ4v) is 3.11. The number of halogens is 1. The van der Waals surface area contributed by atoms with Gasteiger partial charge in [-0.15, -0.1) is 0 Å². The second kappa shape index (κ2) is 7.56. The van der Waals surface area contributed by atoms with Gasteiger partial charge >= 0.3 is 0 Å². The van der Waals surface area contributed by atoms with Crippen molar-refractivity contribution in [2.24, 2.45) is 0 Å². The minimum atomic E-state index is -0.305. The molecule has 2 heterocycles. The van der Waals surface area contributed by atoms with Gasteiger partial charge < -0.3 is 5.32 Å². The van der Waals surface area contributed by atoms with Gasteiger partial charge in [0.1, 0.15) is 5.82 Å². The molecule has 4 aromatic rings. The summed E-state index contributed by atoms with van der Waals surface area (Å²) in [5.74, 6) is -0.532. The van der Waals surface area contributed by atoms with E-state index in [-0.39, 0.29) is 17.8 Å². The van der Waals surface area contributed by atoms with Crippen molar-refractivity contribution in [3.63, 3.8) is 0 Å². The average Bonchev–Trinajstić information content (AvgIpc) is 2.74. The number of hydrogen-bond donors (Lipinski definition) is 1. The zero-order valence-electron chi connectivity index (χ0n) is 15.3. The van der Waals surface area contributed by atoms with Gasteiger partial charge in [0.15, 0.2) is 5.65 Å². The van der Waals surface area contributed by atoms with Crippen molar-refractivity contribution in [3.8, 4) is 11.3 Å². The smallest absolute Gasteiger partial charge is 0.252 e. The highest BCUT2D eigenvalue weighted by Gasteiger charge is 2.17. The summed E-state index contributed by atoms with van der Waals surface area (Å²) in [5.41, 5.74) is 3.45.